The fraction of sp³-hybridized carbons (Fsp3) is 0.667. The summed E-state index contributed by atoms with van der Waals surface area (Å²) in [7, 11) is 1.78. The van der Waals surface area contributed by atoms with Crippen LogP contribution in [-0.2, 0) is 4.74 Å². The van der Waals surface area contributed by atoms with Gasteiger partial charge in [0.1, 0.15) is 6.26 Å². The van der Waals surface area contributed by atoms with Gasteiger partial charge in [-0.25, -0.2) is 4.98 Å². The molecule has 0 bridgehead atoms. The molecule has 13 heavy (non-hydrogen) atoms. The molecule has 0 saturated heterocycles. The molecular formula is C9H13NO2S. The molecule has 2 unspecified atom stereocenters. The first-order valence-electron chi connectivity index (χ1n) is 4.49. The van der Waals surface area contributed by atoms with Gasteiger partial charge in [-0.3, -0.25) is 0 Å². The van der Waals surface area contributed by atoms with Gasteiger partial charge >= 0.3 is 0 Å². The van der Waals surface area contributed by atoms with Crippen LogP contribution in [0.25, 0.3) is 0 Å². The van der Waals surface area contributed by atoms with Crippen molar-refractivity contribution in [2.45, 2.75) is 35.8 Å². The smallest absolute Gasteiger partial charge is 0.255 e. The number of hydrogen-bond acceptors (Lipinski definition) is 4. The first-order valence-corrected chi connectivity index (χ1v) is 5.37. The lowest BCUT2D eigenvalue weighted by molar-refractivity contribution is 0.113. The molecule has 1 fully saturated rings. The molecule has 0 amide bonds. The highest BCUT2D eigenvalue weighted by Gasteiger charge is 2.29. The normalized spacial score (nSPS) is 28.1. The number of hydrogen-bond donors (Lipinski definition) is 0. The zero-order chi connectivity index (χ0) is 9.10. The van der Waals surface area contributed by atoms with Crippen molar-refractivity contribution in [1.29, 1.82) is 0 Å². The van der Waals surface area contributed by atoms with Crippen LogP contribution in [0.4, 0.5) is 0 Å². The molecule has 4 heteroatoms. The Hall–Kier alpha value is -0.480. The van der Waals surface area contributed by atoms with E-state index in [1.54, 1.807) is 31.3 Å². The van der Waals surface area contributed by atoms with E-state index in [9.17, 15) is 0 Å². The minimum atomic E-state index is 0.372. The molecule has 0 spiro atoms. The van der Waals surface area contributed by atoms with E-state index in [1.807, 2.05) is 0 Å². The van der Waals surface area contributed by atoms with Gasteiger partial charge in [-0.15, -0.1) is 0 Å². The van der Waals surface area contributed by atoms with Gasteiger partial charge in [-0.1, -0.05) is 11.8 Å². The van der Waals surface area contributed by atoms with Gasteiger partial charge in [0.05, 0.1) is 12.3 Å². The Balaban J connectivity index is 1.94. The average molecular weight is 199 g/mol. The lowest BCUT2D eigenvalue weighted by atomic mass is 10.3. The standard InChI is InChI=1S/C9H13NO2S/c1-11-7-3-2-4-8(7)13-9-10-5-6-12-9/h5-8H,2-4H2,1H3. The molecule has 3 nitrogen and oxygen atoms in total. The monoisotopic (exact) mass is 199 g/mol. The van der Waals surface area contributed by atoms with Crippen LogP contribution in [0.3, 0.4) is 0 Å². The predicted octanol–water partition coefficient (Wildman–Crippen LogP) is 2.33. The van der Waals surface area contributed by atoms with Crippen LogP contribution in [0.15, 0.2) is 22.1 Å². The van der Waals surface area contributed by atoms with Crippen LogP contribution in [-0.4, -0.2) is 23.4 Å². The van der Waals surface area contributed by atoms with E-state index in [4.69, 9.17) is 9.15 Å². The van der Waals surface area contributed by atoms with Gasteiger partial charge < -0.3 is 9.15 Å². The second-order valence-electron chi connectivity index (χ2n) is 3.16. The first kappa shape index (κ1) is 9.09. The molecule has 1 saturated carbocycles. The maximum absolute atomic E-state index is 5.38. The third-order valence-electron chi connectivity index (χ3n) is 2.36. The summed E-state index contributed by atoms with van der Waals surface area (Å²) in [5.74, 6) is 0. The van der Waals surface area contributed by atoms with Gasteiger partial charge in [-0.05, 0) is 19.3 Å². The van der Waals surface area contributed by atoms with Gasteiger partial charge in [0, 0.05) is 12.4 Å². The van der Waals surface area contributed by atoms with E-state index in [0.717, 1.165) is 11.6 Å². The molecule has 0 aliphatic heterocycles. The van der Waals surface area contributed by atoms with Crippen LogP contribution in [0.1, 0.15) is 19.3 Å². The van der Waals surface area contributed by atoms with E-state index in [2.05, 4.69) is 4.98 Å². The maximum atomic E-state index is 5.38. The highest BCUT2D eigenvalue weighted by atomic mass is 32.2. The molecule has 0 radical (unpaired) electrons. The number of methoxy groups -OCH3 is 1. The Bertz CT molecular complexity index is 250. The van der Waals surface area contributed by atoms with E-state index in [-0.39, 0.29) is 0 Å². The zero-order valence-electron chi connectivity index (χ0n) is 7.60. The molecular weight excluding hydrogens is 186 g/mol. The fourth-order valence-corrected chi connectivity index (χ4v) is 2.87. The summed E-state index contributed by atoms with van der Waals surface area (Å²) in [5, 5.41) is 1.28. The molecule has 1 aromatic heterocycles. The number of thioether (sulfide) groups is 1. The van der Waals surface area contributed by atoms with Crippen LogP contribution < -0.4 is 0 Å². The second-order valence-corrected chi connectivity index (χ2v) is 4.35. The Morgan fingerprint density at radius 2 is 2.54 bits per heavy atom. The largest absolute Gasteiger partial charge is 0.440 e. The Morgan fingerprint density at radius 3 is 3.23 bits per heavy atom. The van der Waals surface area contributed by atoms with Crippen LogP contribution in [0, 0.1) is 0 Å². The van der Waals surface area contributed by atoms with Crippen molar-refractivity contribution in [2.75, 3.05) is 7.11 Å². The highest BCUT2D eigenvalue weighted by molar-refractivity contribution is 7.99. The molecule has 72 valence electrons. The Kier molecular flexibility index (Phi) is 2.90. The molecule has 1 aromatic rings. The summed E-state index contributed by atoms with van der Waals surface area (Å²) in [6.07, 6.45) is 7.27. The predicted molar refractivity (Wildman–Crippen MR) is 50.8 cm³/mol. The van der Waals surface area contributed by atoms with Crippen LogP contribution in [0.2, 0.25) is 0 Å². The quantitative estimate of drug-likeness (QED) is 0.748. The third kappa shape index (κ3) is 2.06. The van der Waals surface area contributed by atoms with Crippen molar-refractivity contribution in [3.63, 3.8) is 0 Å². The summed E-state index contributed by atoms with van der Waals surface area (Å²) in [6.45, 7) is 0. The SMILES string of the molecule is COC1CCCC1Sc1ncco1. The van der Waals surface area contributed by atoms with Crippen molar-refractivity contribution in [1.82, 2.24) is 4.98 Å². The Labute approximate surface area is 81.9 Å². The van der Waals surface area contributed by atoms with Crippen molar-refractivity contribution in [3.05, 3.63) is 12.5 Å². The van der Waals surface area contributed by atoms with E-state index in [1.165, 1.54) is 12.8 Å². The molecule has 2 rings (SSSR count). The summed E-state index contributed by atoms with van der Waals surface area (Å²) in [5.41, 5.74) is 0. The van der Waals surface area contributed by atoms with Gasteiger partial charge in [0.15, 0.2) is 0 Å². The molecule has 1 heterocycles. The maximum Gasteiger partial charge on any atom is 0.255 e. The zero-order valence-corrected chi connectivity index (χ0v) is 8.42. The first-order chi connectivity index (χ1) is 6.40. The van der Waals surface area contributed by atoms with Crippen molar-refractivity contribution in [2.24, 2.45) is 0 Å². The second kappa shape index (κ2) is 4.15. The third-order valence-corrected chi connectivity index (χ3v) is 3.60. The molecule has 2 atom stereocenters. The summed E-state index contributed by atoms with van der Waals surface area (Å²) >= 11 is 1.69. The lowest BCUT2D eigenvalue weighted by Crippen LogP contribution is -2.18. The Morgan fingerprint density at radius 1 is 1.62 bits per heavy atom. The molecule has 1 aliphatic carbocycles. The summed E-state index contributed by atoms with van der Waals surface area (Å²) in [6, 6.07) is 0. The van der Waals surface area contributed by atoms with Crippen molar-refractivity contribution < 1.29 is 9.15 Å². The molecule has 0 aromatic carbocycles. The van der Waals surface area contributed by atoms with E-state index in [0.29, 0.717) is 11.4 Å². The summed E-state index contributed by atoms with van der Waals surface area (Å²) in [4.78, 5) is 4.09. The highest BCUT2D eigenvalue weighted by Crippen LogP contribution is 2.35. The number of oxazole rings is 1. The summed E-state index contributed by atoms with van der Waals surface area (Å²) < 4.78 is 10.6. The number of rotatable bonds is 3. The van der Waals surface area contributed by atoms with Gasteiger partial charge in [0.25, 0.3) is 5.22 Å². The molecule has 0 N–H and O–H groups in total. The molecule has 1 aliphatic rings. The van der Waals surface area contributed by atoms with Crippen molar-refractivity contribution in [3.8, 4) is 0 Å². The topological polar surface area (TPSA) is 35.3 Å². The van der Waals surface area contributed by atoms with E-state index < -0.39 is 0 Å². The number of nitrogens with zero attached hydrogens (tertiary/aromatic N) is 1. The minimum Gasteiger partial charge on any atom is -0.440 e. The lowest BCUT2D eigenvalue weighted by Gasteiger charge is -2.15. The van der Waals surface area contributed by atoms with Crippen LogP contribution >= 0.6 is 11.8 Å². The van der Waals surface area contributed by atoms with E-state index >= 15 is 0 Å². The van der Waals surface area contributed by atoms with Crippen LogP contribution in [0.5, 0.6) is 0 Å². The fourth-order valence-electron chi connectivity index (χ4n) is 1.69. The average Bonchev–Trinajstić information content (AvgIpc) is 2.76. The number of aromatic nitrogens is 1. The number of ether oxygens (including phenoxy) is 1. The van der Waals surface area contributed by atoms with Gasteiger partial charge in [-0.2, -0.15) is 0 Å². The van der Waals surface area contributed by atoms with Gasteiger partial charge in [0.2, 0.25) is 0 Å². The van der Waals surface area contributed by atoms with Crippen molar-refractivity contribution >= 4 is 11.8 Å². The minimum absolute atomic E-state index is 0.372.